The van der Waals surface area contributed by atoms with Gasteiger partial charge in [-0.3, -0.25) is 10.1 Å². The van der Waals surface area contributed by atoms with Crippen molar-refractivity contribution in [3.8, 4) is 0 Å². The average molecular weight is 291 g/mol. The first-order valence-corrected chi connectivity index (χ1v) is 6.81. The van der Waals surface area contributed by atoms with Gasteiger partial charge in [-0.05, 0) is 39.8 Å². The van der Waals surface area contributed by atoms with Crippen LogP contribution < -0.4 is 5.32 Å². The topological polar surface area (TPSA) is 72.5 Å². The van der Waals surface area contributed by atoms with Gasteiger partial charge in [0.25, 0.3) is 0 Å². The number of hydrogen-bond acceptors (Lipinski definition) is 4. The van der Waals surface area contributed by atoms with E-state index in [9.17, 15) is 14.4 Å². The third kappa shape index (κ3) is 6.21. The van der Waals surface area contributed by atoms with Crippen molar-refractivity contribution in [2.45, 2.75) is 46.1 Å². The van der Waals surface area contributed by atoms with Crippen LogP contribution in [0.3, 0.4) is 0 Å². The van der Waals surface area contributed by atoms with Crippen molar-refractivity contribution in [2.24, 2.45) is 0 Å². The second-order valence-corrected chi connectivity index (χ2v) is 5.80. The molecule has 0 heterocycles. The zero-order chi connectivity index (χ0) is 16.0. The normalized spacial score (nSPS) is 10.9. The number of anilines is 1. The van der Waals surface area contributed by atoms with Crippen molar-refractivity contribution in [1.29, 1.82) is 0 Å². The van der Waals surface area contributed by atoms with Gasteiger partial charge in [0.05, 0.1) is 5.69 Å². The Bertz CT molecular complexity index is 543. The van der Waals surface area contributed by atoms with E-state index in [-0.39, 0.29) is 24.4 Å². The monoisotopic (exact) mass is 291 g/mol. The summed E-state index contributed by atoms with van der Waals surface area (Å²) < 4.78 is 5.16. The van der Waals surface area contributed by atoms with Crippen molar-refractivity contribution < 1.29 is 19.1 Å². The predicted molar refractivity (Wildman–Crippen MR) is 80.5 cm³/mol. The maximum absolute atomic E-state index is 12.1. The molecule has 1 aromatic carbocycles. The number of nitrogens with one attached hydrogen (secondary N) is 1. The quantitative estimate of drug-likeness (QED) is 0.841. The van der Waals surface area contributed by atoms with Gasteiger partial charge in [-0.2, -0.15) is 0 Å². The van der Waals surface area contributed by atoms with Gasteiger partial charge in [-0.1, -0.05) is 12.1 Å². The molecule has 0 saturated heterocycles. The van der Waals surface area contributed by atoms with Crippen molar-refractivity contribution in [2.75, 3.05) is 5.32 Å². The highest BCUT2D eigenvalue weighted by Crippen LogP contribution is 2.19. The molecule has 0 unspecified atom stereocenters. The van der Waals surface area contributed by atoms with Crippen LogP contribution in [0.1, 0.15) is 50.9 Å². The average Bonchev–Trinajstić information content (AvgIpc) is 2.34. The zero-order valence-corrected chi connectivity index (χ0v) is 12.9. The van der Waals surface area contributed by atoms with E-state index in [1.165, 1.54) is 6.92 Å². The van der Waals surface area contributed by atoms with E-state index in [2.05, 4.69) is 5.32 Å². The fourth-order valence-corrected chi connectivity index (χ4v) is 1.67. The summed E-state index contributed by atoms with van der Waals surface area (Å²) in [6.45, 7) is 6.72. The molecule has 0 fully saturated rings. The van der Waals surface area contributed by atoms with E-state index >= 15 is 0 Å². The number of ether oxygens (including phenoxy) is 1. The number of benzene rings is 1. The standard InChI is InChI=1S/C16H21NO4/c1-11(18)9-10-14(19)12-7-5-6-8-13(12)17-15(20)21-16(2,3)4/h5-8H,9-10H2,1-4H3,(H,17,20). The summed E-state index contributed by atoms with van der Waals surface area (Å²) in [5.74, 6) is -0.224. The third-order valence-electron chi connectivity index (χ3n) is 2.57. The second kappa shape index (κ2) is 7.02. The van der Waals surface area contributed by atoms with Crippen molar-refractivity contribution in [1.82, 2.24) is 0 Å². The first-order chi connectivity index (χ1) is 9.69. The lowest BCUT2D eigenvalue weighted by atomic mass is 10.0. The molecule has 1 aromatic rings. The molecule has 1 amide bonds. The molecule has 1 rings (SSSR count). The Morgan fingerprint density at radius 2 is 1.71 bits per heavy atom. The fraction of sp³-hybridized carbons (Fsp3) is 0.438. The summed E-state index contributed by atoms with van der Waals surface area (Å²) in [4.78, 5) is 34.8. The molecule has 0 aromatic heterocycles. The second-order valence-electron chi connectivity index (χ2n) is 5.80. The summed E-state index contributed by atoms with van der Waals surface area (Å²) in [7, 11) is 0. The Hall–Kier alpha value is -2.17. The van der Waals surface area contributed by atoms with Crippen LogP contribution in [-0.4, -0.2) is 23.3 Å². The molecule has 0 spiro atoms. The first-order valence-electron chi connectivity index (χ1n) is 6.81. The number of carbonyl (C=O) groups is 3. The van der Waals surface area contributed by atoms with Gasteiger partial charge >= 0.3 is 6.09 Å². The molecule has 21 heavy (non-hydrogen) atoms. The lowest BCUT2D eigenvalue weighted by Gasteiger charge is -2.20. The van der Waals surface area contributed by atoms with Gasteiger partial charge < -0.3 is 9.53 Å². The molecule has 0 radical (unpaired) electrons. The summed E-state index contributed by atoms with van der Waals surface area (Å²) in [6.07, 6.45) is -0.295. The van der Waals surface area contributed by atoms with Gasteiger partial charge in [-0.15, -0.1) is 0 Å². The Morgan fingerprint density at radius 1 is 1.10 bits per heavy atom. The molecular weight excluding hydrogens is 270 g/mol. The van der Waals surface area contributed by atoms with Crippen molar-refractivity contribution in [3.63, 3.8) is 0 Å². The van der Waals surface area contributed by atoms with Crippen LogP contribution >= 0.6 is 0 Å². The highest BCUT2D eigenvalue weighted by Gasteiger charge is 2.18. The lowest BCUT2D eigenvalue weighted by Crippen LogP contribution is -2.27. The first kappa shape index (κ1) is 16.9. The molecule has 5 nitrogen and oxygen atoms in total. The fourth-order valence-electron chi connectivity index (χ4n) is 1.67. The van der Waals surface area contributed by atoms with Crippen LogP contribution in [0.15, 0.2) is 24.3 Å². The van der Waals surface area contributed by atoms with Crippen molar-refractivity contribution in [3.05, 3.63) is 29.8 Å². The van der Waals surface area contributed by atoms with E-state index in [1.54, 1.807) is 45.0 Å². The summed E-state index contributed by atoms with van der Waals surface area (Å²) in [6, 6.07) is 6.68. The van der Waals surface area contributed by atoms with Crippen LogP contribution in [-0.2, 0) is 9.53 Å². The minimum absolute atomic E-state index is 0.0408. The SMILES string of the molecule is CC(=O)CCC(=O)c1ccccc1NC(=O)OC(C)(C)C. The summed E-state index contributed by atoms with van der Waals surface area (Å²) in [5, 5.41) is 2.57. The van der Waals surface area contributed by atoms with Crippen molar-refractivity contribution >= 4 is 23.3 Å². The zero-order valence-electron chi connectivity index (χ0n) is 12.9. The molecular formula is C16H21NO4. The number of para-hydroxylation sites is 1. The summed E-state index contributed by atoms with van der Waals surface area (Å²) >= 11 is 0. The van der Waals surface area contributed by atoms with Gasteiger partial charge in [0.15, 0.2) is 5.78 Å². The van der Waals surface area contributed by atoms with E-state index < -0.39 is 11.7 Å². The maximum atomic E-state index is 12.1. The Balaban J connectivity index is 2.82. The van der Waals surface area contributed by atoms with Gasteiger partial charge in [0.1, 0.15) is 11.4 Å². The number of carbonyl (C=O) groups excluding carboxylic acids is 3. The van der Waals surface area contributed by atoms with Gasteiger partial charge in [0, 0.05) is 18.4 Å². The molecule has 0 bridgehead atoms. The van der Waals surface area contributed by atoms with E-state index in [1.807, 2.05) is 0 Å². The number of Topliss-reactive ketones (excluding diaryl/α,β-unsaturated/α-hetero) is 2. The molecule has 1 N–H and O–H groups in total. The Labute approximate surface area is 124 Å². The lowest BCUT2D eigenvalue weighted by molar-refractivity contribution is -0.116. The van der Waals surface area contributed by atoms with E-state index in [4.69, 9.17) is 4.74 Å². The van der Waals surface area contributed by atoms with Crippen LogP contribution in [0.4, 0.5) is 10.5 Å². The highest BCUT2D eigenvalue weighted by atomic mass is 16.6. The Kier molecular flexibility index (Phi) is 5.64. The minimum atomic E-state index is -0.616. The van der Waals surface area contributed by atoms with E-state index in [0.717, 1.165) is 0 Å². The molecule has 114 valence electrons. The number of amides is 1. The molecule has 0 aliphatic heterocycles. The van der Waals surface area contributed by atoms with Crippen LogP contribution in [0, 0.1) is 0 Å². The molecule has 0 aliphatic carbocycles. The van der Waals surface area contributed by atoms with E-state index in [0.29, 0.717) is 11.3 Å². The number of hydrogen-bond donors (Lipinski definition) is 1. The number of ketones is 2. The molecule has 0 aliphatic rings. The highest BCUT2D eigenvalue weighted by molar-refractivity contribution is 6.04. The molecule has 5 heteroatoms. The molecule has 0 atom stereocenters. The predicted octanol–water partition coefficient (Wildman–Crippen LogP) is 3.59. The third-order valence-corrected chi connectivity index (χ3v) is 2.57. The van der Waals surface area contributed by atoms with Crippen LogP contribution in [0.2, 0.25) is 0 Å². The smallest absolute Gasteiger partial charge is 0.412 e. The maximum Gasteiger partial charge on any atom is 0.412 e. The van der Waals surface area contributed by atoms with Gasteiger partial charge in [0.2, 0.25) is 0 Å². The van der Waals surface area contributed by atoms with Gasteiger partial charge in [-0.25, -0.2) is 4.79 Å². The van der Waals surface area contributed by atoms with Crippen LogP contribution in [0.5, 0.6) is 0 Å². The van der Waals surface area contributed by atoms with Crippen LogP contribution in [0.25, 0.3) is 0 Å². The Morgan fingerprint density at radius 3 is 2.29 bits per heavy atom. The molecule has 0 saturated carbocycles. The largest absolute Gasteiger partial charge is 0.444 e. The minimum Gasteiger partial charge on any atom is -0.444 e. The number of rotatable bonds is 5. The summed E-state index contributed by atoms with van der Waals surface area (Å²) in [5.41, 5.74) is 0.155.